The van der Waals surface area contributed by atoms with Gasteiger partial charge in [0.15, 0.2) is 0 Å². The monoisotopic (exact) mass is 354 g/mol. The van der Waals surface area contributed by atoms with Gasteiger partial charge in [0, 0.05) is 35.3 Å². The molecule has 0 saturated carbocycles. The highest BCUT2D eigenvalue weighted by Crippen LogP contribution is 2.36. The first-order valence-corrected chi connectivity index (χ1v) is 9.93. The number of carbonyl (C=O) groups excluding carboxylic acids is 1. The SMILES string of the molecule is CC[C@@H](C)NC(=O)c1ccc2c(c1)N(Cc1ccc(C)cc1)CCS2. The summed E-state index contributed by atoms with van der Waals surface area (Å²) in [6, 6.07) is 15.0. The van der Waals surface area contributed by atoms with Crippen molar-refractivity contribution >= 4 is 23.4 Å². The summed E-state index contributed by atoms with van der Waals surface area (Å²) in [5.74, 6) is 1.10. The van der Waals surface area contributed by atoms with E-state index in [-0.39, 0.29) is 11.9 Å². The van der Waals surface area contributed by atoms with Crippen molar-refractivity contribution in [3.63, 3.8) is 0 Å². The molecule has 4 heteroatoms. The van der Waals surface area contributed by atoms with Crippen molar-refractivity contribution in [1.29, 1.82) is 0 Å². The predicted octanol–water partition coefficient (Wildman–Crippen LogP) is 4.64. The van der Waals surface area contributed by atoms with Crippen LogP contribution in [0.4, 0.5) is 5.69 Å². The highest BCUT2D eigenvalue weighted by atomic mass is 32.2. The van der Waals surface area contributed by atoms with Gasteiger partial charge in [0.25, 0.3) is 5.91 Å². The number of amides is 1. The lowest BCUT2D eigenvalue weighted by Gasteiger charge is -2.31. The van der Waals surface area contributed by atoms with Gasteiger partial charge in [0.05, 0.1) is 5.69 Å². The third-order valence-electron chi connectivity index (χ3n) is 4.66. The molecule has 132 valence electrons. The van der Waals surface area contributed by atoms with Crippen molar-refractivity contribution in [3.05, 3.63) is 59.2 Å². The van der Waals surface area contributed by atoms with Crippen LogP contribution in [0.25, 0.3) is 0 Å². The minimum absolute atomic E-state index is 0.0167. The second-order valence-corrected chi connectivity index (χ2v) is 7.86. The molecule has 0 fully saturated rings. The fourth-order valence-corrected chi connectivity index (χ4v) is 3.93. The molecule has 1 amide bonds. The number of fused-ring (bicyclic) bond motifs is 1. The lowest BCUT2D eigenvalue weighted by Crippen LogP contribution is -2.33. The van der Waals surface area contributed by atoms with Crippen LogP contribution in [-0.4, -0.2) is 24.2 Å². The van der Waals surface area contributed by atoms with E-state index in [1.165, 1.54) is 21.7 Å². The van der Waals surface area contributed by atoms with Crippen LogP contribution in [0.3, 0.4) is 0 Å². The van der Waals surface area contributed by atoms with Gasteiger partial charge < -0.3 is 10.2 Å². The number of aryl methyl sites for hydroxylation is 1. The minimum Gasteiger partial charge on any atom is -0.365 e. The van der Waals surface area contributed by atoms with Gasteiger partial charge in [-0.15, -0.1) is 11.8 Å². The first-order valence-electron chi connectivity index (χ1n) is 8.95. The lowest BCUT2D eigenvalue weighted by atomic mass is 10.1. The standard InChI is InChI=1S/C21H26N2OS/c1-4-16(3)22-21(24)18-9-10-20-19(13-18)23(11-12-25-20)14-17-7-5-15(2)6-8-17/h5-10,13,16H,4,11-12,14H2,1-3H3,(H,22,24)/t16-/m1/s1. The Kier molecular flexibility index (Phi) is 5.69. The minimum atomic E-state index is 0.0167. The Bertz CT molecular complexity index is 742. The number of benzene rings is 2. The average Bonchev–Trinajstić information content (AvgIpc) is 2.63. The normalized spacial score (nSPS) is 14.8. The van der Waals surface area contributed by atoms with Gasteiger partial charge in [0.1, 0.15) is 0 Å². The summed E-state index contributed by atoms with van der Waals surface area (Å²) in [7, 11) is 0. The summed E-state index contributed by atoms with van der Waals surface area (Å²) in [6.07, 6.45) is 0.937. The molecule has 25 heavy (non-hydrogen) atoms. The van der Waals surface area contributed by atoms with Gasteiger partial charge in [-0.1, -0.05) is 36.8 Å². The van der Waals surface area contributed by atoms with Gasteiger partial charge >= 0.3 is 0 Å². The molecule has 0 aromatic heterocycles. The summed E-state index contributed by atoms with van der Waals surface area (Å²) < 4.78 is 0. The molecule has 1 aliphatic rings. The van der Waals surface area contributed by atoms with Gasteiger partial charge in [-0.25, -0.2) is 0 Å². The molecular formula is C21H26N2OS. The van der Waals surface area contributed by atoms with E-state index < -0.39 is 0 Å². The average molecular weight is 355 g/mol. The molecule has 2 aromatic carbocycles. The number of carbonyl (C=O) groups is 1. The zero-order valence-electron chi connectivity index (χ0n) is 15.2. The molecule has 3 nitrogen and oxygen atoms in total. The quantitative estimate of drug-likeness (QED) is 0.849. The first kappa shape index (κ1) is 17.9. The second-order valence-electron chi connectivity index (χ2n) is 6.72. The largest absolute Gasteiger partial charge is 0.365 e. The van der Waals surface area contributed by atoms with Crippen molar-refractivity contribution in [2.45, 2.75) is 44.7 Å². The van der Waals surface area contributed by atoms with Crippen LogP contribution in [0.1, 0.15) is 41.8 Å². The van der Waals surface area contributed by atoms with E-state index in [9.17, 15) is 4.79 Å². The summed E-state index contributed by atoms with van der Waals surface area (Å²) in [5, 5.41) is 3.06. The number of hydrogen-bond donors (Lipinski definition) is 1. The third-order valence-corrected chi connectivity index (χ3v) is 5.71. The molecule has 0 aliphatic carbocycles. The lowest BCUT2D eigenvalue weighted by molar-refractivity contribution is 0.0939. The van der Waals surface area contributed by atoms with Crippen molar-refractivity contribution in [2.75, 3.05) is 17.2 Å². The number of hydrogen-bond acceptors (Lipinski definition) is 3. The van der Waals surface area contributed by atoms with Gasteiger partial charge in [-0.2, -0.15) is 0 Å². The number of nitrogens with one attached hydrogen (secondary N) is 1. The van der Waals surface area contributed by atoms with Crippen LogP contribution in [0, 0.1) is 6.92 Å². The van der Waals surface area contributed by atoms with Gasteiger partial charge in [0.2, 0.25) is 0 Å². The maximum atomic E-state index is 12.5. The molecule has 1 aliphatic heterocycles. The molecule has 0 spiro atoms. The van der Waals surface area contributed by atoms with Crippen LogP contribution < -0.4 is 10.2 Å². The van der Waals surface area contributed by atoms with E-state index in [0.717, 1.165) is 30.8 Å². The maximum absolute atomic E-state index is 12.5. The van der Waals surface area contributed by atoms with Gasteiger partial charge in [-0.05, 0) is 44.0 Å². The topological polar surface area (TPSA) is 32.3 Å². The van der Waals surface area contributed by atoms with Crippen LogP contribution >= 0.6 is 11.8 Å². The molecular weight excluding hydrogens is 328 g/mol. The fraction of sp³-hybridized carbons (Fsp3) is 0.381. The molecule has 0 unspecified atom stereocenters. The number of thioether (sulfide) groups is 1. The Hall–Kier alpha value is -1.94. The highest BCUT2D eigenvalue weighted by Gasteiger charge is 2.20. The molecule has 0 bridgehead atoms. The van der Waals surface area contributed by atoms with Crippen LogP contribution in [-0.2, 0) is 6.54 Å². The van der Waals surface area contributed by atoms with Crippen molar-refractivity contribution in [2.24, 2.45) is 0 Å². The second kappa shape index (κ2) is 7.96. The van der Waals surface area contributed by atoms with E-state index >= 15 is 0 Å². The van der Waals surface area contributed by atoms with Crippen LogP contribution in [0.2, 0.25) is 0 Å². The number of nitrogens with zero attached hydrogens (tertiary/aromatic N) is 1. The third kappa shape index (κ3) is 4.37. The summed E-state index contributed by atoms with van der Waals surface area (Å²) in [6.45, 7) is 8.11. The molecule has 0 radical (unpaired) electrons. The van der Waals surface area contributed by atoms with Crippen LogP contribution in [0.15, 0.2) is 47.4 Å². The van der Waals surface area contributed by atoms with Crippen molar-refractivity contribution in [3.8, 4) is 0 Å². The Morgan fingerprint density at radius 1 is 1.24 bits per heavy atom. The fourth-order valence-electron chi connectivity index (χ4n) is 2.90. The summed E-state index contributed by atoms with van der Waals surface area (Å²) in [4.78, 5) is 16.1. The Morgan fingerprint density at radius 2 is 2.00 bits per heavy atom. The maximum Gasteiger partial charge on any atom is 0.251 e. The molecule has 1 N–H and O–H groups in total. The molecule has 2 aromatic rings. The van der Waals surface area contributed by atoms with Crippen molar-refractivity contribution in [1.82, 2.24) is 5.32 Å². The van der Waals surface area contributed by atoms with E-state index in [2.05, 4.69) is 54.4 Å². The highest BCUT2D eigenvalue weighted by molar-refractivity contribution is 7.99. The van der Waals surface area contributed by atoms with E-state index in [0.29, 0.717) is 0 Å². The summed E-state index contributed by atoms with van der Waals surface area (Å²) in [5.41, 5.74) is 4.50. The van der Waals surface area contributed by atoms with E-state index in [4.69, 9.17) is 0 Å². The smallest absolute Gasteiger partial charge is 0.251 e. The van der Waals surface area contributed by atoms with E-state index in [1.807, 2.05) is 30.8 Å². The Labute approximate surface area is 154 Å². The van der Waals surface area contributed by atoms with E-state index in [1.54, 1.807) is 0 Å². The molecule has 0 saturated heterocycles. The Balaban J connectivity index is 1.82. The molecule has 1 heterocycles. The number of anilines is 1. The molecule has 3 rings (SSSR count). The zero-order valence-corrected chi connectivity index (χ0v) is 16.0. The van der Waals surface area contributed by atoms with Gasteiger partial charge in [-0.3, -0.25) is 4.79 Å². The molecule has 1 atom stereocenters. The van der Waals surface area contributed by atoms with Crippen LogP contribution in [0.5, 0.6) is 0 Å². The Morgan fingerprint density at radius 3 is 2.72 bits per heavy atom. The predicted molar refractivity (Wildman–Crippen MR) is 107 cm³/mol. The first-order chi connectivity index (χ1) is 12.1. The zero-order chi connectivity index (χ0) is 17.8. The number of rotatable bonds is 5. The summed E-state index contributed by atoms with van der Waals surface area (Å²) >= 11 is 1.87. The van der Waals surface area contributed by atoms with Crippen molar-refractivity contribution < 1.29 is 4.79 Å².